The molecule has 2 heterocycles. The summed E-state index contributed by atoms with van der Waals surface area (Å²) < 4.78 is 23.0. The van der Waals surface area contributed by atoms with Crippen molar-refractivity contribution in [3.63, 3.8) is 0 Å². The lowest BCUT2D eigenvalue weighted by molar-refractivity contribution is -0.317. The second-order valence-corrected chi connectivity index (χ2v) is 10.00. The Balaban J connectivity index is 1.34. The van der Waals surface area contributed by atoms with Gasteiger partial charge in [-0.05, 0) is 29.3 Å². The minimum Gasteiger partial charge on any atom is -0.508 e. The van der Waals surface area contributed by atoms with E-state index in [0.29, 0.717) is 5.56 Å². The number of benzene rings is 3. The summed E-state index contributed by atoms with van der Waals surface area (Å²) in [7, 11) is 0. The Bertz CT molecular complexity index is 1440. The number of esters is 1. The average Bonchev–Trinajstić information content (AvgIpc) is 2.97. The molecule has 42 heavy (non-hydrogen) atoms. The molecule has 0 unspecified atom stereocenters. The Morgan fingerprint density at radius 2 is 1.64 bits per heavy atom. The van der Waals surface area contributed by atoms with Crippen molar-refractivity contribution in [3.05, 3.63) is 83.4 Å². The monoisotopic (exact) mass is 582 g/mol. The van der Waals surface area contributed by atoms with Gasteiger partial charge in [-0.1, -0.05) is 36.4 Å². The third kappa shape index (κ3) is 6.27. The highest BCUT2D eigenvalue weighted by Crippen LogP contribution is 2.44. The summed E-state index contributed by atoms with van der Waals surface area (Å²) in [4.78, 5) is 12.2. The average molecular weight is 583 g/mol. The van der Waals surface area contributed by atoms with Gasteiger partial charge in [-0.15, -0.1) is 0 Å². The number of phenols is 4. The number of aliphatic hydroxyl groups is 3. The van der Waals surface area contributed by atoms with E-state index in [-0.39, 0.29) is 35.0 Å². The van der Waals surface area contributed by atoms with Crippen molar-refractivity contribution in [2.75, 3.05) is 6.61 Å². The Kier molecular flexibility index (Phi) is 8.52. The van der Waals surface area contributed by atoms with Crippen LogP contribution in [0.4, 0.5) is 0 Å². The molecule has 3 aromatic carbocycles. The molecular formula is C30H30O12. The number of hydrogen-bond acceptors (Lipinski definition) is 12. The molecule has 0 aromatic heterocycles. The second kappa shape index (κ2) is 12.3. The van der Waals surface area contributed by atoms with Gasteiger partial charge >= 0.3 is 5.97 Å². The van der Waals surface area contributed by atoms with Gasteiger partial charge in [0.05, 0.1) is 0 Å². The molecule has 12 heteroatoms. The quantitative estimate of drug-likeness (QED) is 0.121. The van der Waals surface area contributed by atoms with E-state index in [1.54, 1.807) is 30.3 Å². The summed E-state index contributed by atoms with van der Waals surface area (Å²) >= 11 is 0. The minimum absolute atomic E-state index is 0.0249. The summed E-state index contributed by atoms with van der Waals surface area (Å²) in [5.74, 6) is -1.93. The first-order valence-electron chi connectivity index (χ1n) is 13.1. The molecule has 2 aliphatic heterocycles. The first kappa shape index (κ1) is 29.2. The van der Waals surface area contributed by atoms with Crippen LogP contribution in [0, 0.1) is 0 Å². The van der Waals surface area contributed by atoms with Crippen LogP contribution in [-0.2, 0) is 25.4 Å². The SMILES string of the molecule is O=C(C=Cc1ccccc1)OC[C@@H]1O[C@@H](O[C@@H]2Cc3c(O)cc(O)cc3O[C@H]2c2ccc(O)c(O)c2)[C@@H](O)[C@H](O)[C@H]1O. The van der Waals surface area contributed by atoms with Crippen molar-refractivity contribution < 1.29 is 59.5 Å². The fourth-order valence-electron chi connectivity index (χ4n) is 4.85. The smallest absolute Gasteiger partial charge is 0.330 e. The number of carbonyl (C=O) groups excluding carboxylic acids is 1. The van der Waals surface area contributed by atoms with Crippen molar-refractivity contribution in [2.24, 2.45) is 0 Å². The molecule has 0 radical (unpaired) electrons. The summed E-state index contributed by atoms with van der Waals surface area (Å²) in [6, 6.07) is 15.4. The highest BCUT2D eigenvalue weighted by atomic mass is 16.7. The Morgan fingerprint density at radius 1 is 0.881 bits per heavy atom. The number of hydrogen-bond donors (Lipinski definition) is 7. The standard InChI is InChI=1S/C30H30O12/c31-17-11-20(33)18-13-23(29(40-22(18)12-17)16-7-8-19(32)21(34)10-16)41-30-28(38)27(37)26(36)24(42-30)14-39-25(35)9-6-15-4-2-1-3-5-15/h1-12,23-24,26-34,36-38H,13-14H2/t23-,24+,26+,27-,28+,29+,30-/m1/s1. The Morgan fingerprint density at radius 3 is 2.38 bits per heavy atom. The van der Waals surface area contributed by atoms with E-state index in [0.717, 1.165) is 11.6 Å². The Hall–Kier alpha value is -4.33. The highest BCUT2D eigenvalue weighted by molar-refractivity contribution is 5.87. The van der Waals surface area contributed by atoms with E-state index in [1.807, 2.05) is 6.07 Å². The molecule has 222 valence electrons. The van der Waals surface area contributed by atoms with Crippen molar-refractivity contribution in [1.82, 2.24) is 0 Å². The van der Waals surface area contributed by atoms with Gasteiger partial charge in [0.15, 0.2) is 23.9 Å². The molecule has 3 aromatic rings. The van der Waals surface area contributed by atoms with Crippen LogP contribution >= 0.6 is 0 Å². The summed E-state index contributed by atoms with van der Waals surface area (Å²) in [5, 5.41) is 71.9. The zero-order valence-electron chi connectivity index (χ0n) is 22.1. The van der Waals surface area contributed by atoms with E-state index < -0.39 is 61.2 Å². The normalized spacial score (nSPS) is 27.3. The molecule has 5 rings (SSSR count). The molecule has 2 aliphatic rings. The van der Waals surface area contributed by atoms with Gasteiger partial charge in [-0.25, -0.2) is 4.79 Å². The third-order valence-electron chi connectivity index (χ3n) is 7.07. The van der Waals surface area contributed by atoms with Crippen molar-refractivity contribution in [3.8, 4) is 28.7 Å². The Labute approximate surface area is 239 Å². The van der Waals surface area contributed by atoms with E-state index in [9.17, 15) is 40.5 Å². The lowest BCUT2D eigenvalue weighted by atomic mass is 9.93. The first-order valence-corrected chi connectivity index (χ1v) is 13.1. The lowest BCUT2D eigenvalue weighted by Crippen LogP contribution is -2.60. The van der Waals surface area contributed by atoms with Gasteiger partial charge in [0, 0.05) is 30.2 Å². The van der Waals surface area contributed by atoms with Crippen LogP contribution in [0.1, 0.15) is 22.8 Å². The largest absolute Gasteiger partial charge is 0.508 e. The molecule has 0 spiro atoms. The maximum absolute atomic E-state index is 12.2. The van der Waals surface area contributed by atoms with Crippen molar-refractivity contribution in [2.45, 2.75) is 49.3 Å². The van der Waals surface area contributed by atoms with Gasteiger partial charge in [0.2, 0.25) is 0 Å². The van der Waals surface area contributed by atoms with Crippen LogP contribution in [0.5, 0.6) is 28.7 Å². The van der Waals surface area contributed by atoms with Crippen molar-refractivity contribution in [1.29, 1.82) is 0 Å². The van der Waals surface area contributed by atoms with Gasteiger partial charge < -0.3 is 54.7 Å². The highest BCUT2D eigenvalue weighted by Gasteiger charge is 2.47. The van der Waals surface area contributed by atoms with E-state index in [2.05, 4.69) is 0 Å². The van der Waals surface area contributed by atoms with Gasteiger partial charge in [0.25, 0.3) is 0 Å². The van der Waals surface area contributed by atoms with Gasteiger partial charge in [0.1, 0.15) is 54.4 Å². The summed E-state index contributed by atoms with van der Waals surface area (Å²) in [5.41, 5.74) is 1.38. The predicted octanol–water partition coefficient (Wildman–Crippen LogP) is 1.63. The van der Waals surface area contributed by atoms with Crippen LogP contribution in [0.15, 0.2) is 66.7 Å². The summed E-state index contributed by atoms with van der Waals surface area (Å²) in [6.45, 7) is -0.470. The topological polar surface area (TPSA) is 196 Å². The maximum atomic E-state index is 12.2. The fourth-order valence-corrected chi connectivity index (χ4v) is 4.85. The van der Waals surface area contributed by atoms with Crippen molar-refractivity contribution >= 4 is 12.0 Å². The number of rotatable bonds is 7. The van der Waals surface area contributed by atoms with Crippen LogP contribution in [-0.4, -0.2) is 85.1 Å². The molecule has 0 aliphatic carbocycles. The maximum Gasteiger partial charge on any atom is 0.330 e. The van der Waals surface area contributed by atoms with Gasteiger partial charge in [-0.2, -0.15) is 0 Å². The number of carbonyl (C=O) groups is 1. The zero-order chi connectivity index (χ0) is 30.0. The van der Waals surface area contributed by atoms with Gasteiger partial charge in [-0.3, -0.25) is 0 Å². The molecule has 0 bridgehead atoms. The molecule has 1 fully saturated rings. The zero-order valence-corrected chi connectivity index (χ0v) is 22.1. The third-order valence-corrected chi connectivity index (χ3v) is 7.07. The van der Waals surface area contributed by atoms with Crippen LogP contribution in [0.3, 0.4) is 0 Å². The molecule has 7 atom stereocenters. The number of fused-ring (bicyclic) bond motifs is 1. The van der Waals surface area contributed by atoms with E-state index in [1.165, 1.54) is 30.3 Å². The molecular weight excluding hydrogens is 552 g/mol. The van der Waals surface area contributed by atoms with Crippen LogP contribution in [0.25, 0.3) is 6.08 Å². The molecule has 7 N–H and O–H groups in total. The molecule has 0 saturated carbocycles. The number of aromatic hydroxyl groups is 4. The predicted molar refractivity (Wildman–Crippen MR) is 145 cm³/mol. The molecule has 1 saturated heterocycles. The lowest BCUT2D eigenvalue weighted by Gasteiger charge is -2.43. The molecule has 12 nitrogen and oxygen atoms in total. The second-order valence-electron chi connectivity index (χ2n) is 10.00. The van der Waals surface area contributed by atoms with E-state index in [4.69, 9.17) is 18.9 Å². The van der Waals surface area contributed by atoms with Crippen LogP contribution in [0.2, 0.25) is 0 Å². The van der Waals surface area contributed by atoms with E-state index >= 15 is 0 Å². The van der Waals surface area contributed by atoms with Crippen LogP contribution < -0.4 is 4.74 Å². The number of aliphatic hydroxyl groups excluding tert-OH is 3. The fraction of sp³-hybridized carbons (Fsp3) is 0.300. The summed E-state index contributed by atoms with van der Waals surface area (Å²) in [6.07, 6.45) is -7.21. The molecule has 0 amide bonds. The number of phenolic OH excluding ortho intramolecular Hbond substituents is 4. The minimum atomic E-state index is -1.73. The first-order chi connectivity index (χ1) is 20.1. The number of ether oxygens (including phenoxy) is 4.